The molecular formula is C7H4NOS. The minimum absolute atomic E-state index is 0.0694. The predicted molar refractivity (Wildman–Crippen MR) is 39.8 cm³/mol. The molecule has 0 amide bonds. The lowest BCUT2D eigenvalue weighted by Crippen LogP contribution is -1.68. The molecule has 0 bridgehead atoms. The maximum Gasteiger partial charge on any atom is 0.199 e. The Kier molecular flexibility index (Phi) is 1.11. The zero-order chi connectivity index (χ0) is 6.97. The normalized spacial score (nSPS) is 10.4. The molecule has 0 atom stereocenters. The van der Waals surface area contributed by atoms with Crippen molar-refractivity contribution in [1.29, 1.82) is 0 Å². The largest absolute Gasteiger partial charge is 0.288 e. The fourth-order valence-electron chi connectivity index (χ4n) is 0.849. The molecule has 0 saturated carbocycles. The summed E-state index contributed by atoms with van der Waals surface area (Å²) in [4.78, 5) is 4.01. The molecule has 2 aromatic rings. The second kappa shape index (κ2) is 1.95. The minimum atomic E-state index is 0.0694. The summed E-state index contributed by atoms with van der Waals surface area (Å²) >= 11 is 1.44. The smallest absolute Gasteiger partial charge is 0.199 e. The van der Waals surface area contributed by atoms with E-state index in [2.05, 4.69) is 4.98 Å². The standard InChI is InChI=1S/C7H4NOS/c9-6-1-3-8-5-2-4-10-7(5)6/h1-4H. The van der Waals surface area contributed by atoms with Crippen LogP contribution in [-0.4, -0.2) is 4.98 Å². The minimum Gasteiger partial charge on any atom is -0.288 e. The lowest BCUT2D eigenvalue weighted by atomic mass is 10.4. The second-order valence-electron chi connectivity index (χ2n) is 1.94. The molecule has 0 unspecified atom stereocenters. The van der Waals surface area contributed by atoms with E-state index >= 15 is 0 Å². The van der Waals surface area contributed by atoms with E-state index in [4.69, 9.17) is 0 Å². The summed E-state index contributed by atoms with van der Waals surface area (Å²) in [5.41, 5.74) is 0.803. The monoisotopic (exact) mass is 150 g/mol. The van der Waals surface area contributed by atoms with Crippen molar-refractivity contribution in [2.24, 2.45) is 0 Å². The number of rotatable bonds is 0. The summed E-state index contributed by atoms with van der Waals surface area (Å²) in [6.45, 7) is 0. The highest BCUT2D eigenvalue weighted by Gasteiger charge is 2.00. The Morgan fingerprint density at radius 2 is 2.30 bits per heavy atom. The van der Waals surface area contributed by atoms with Gasteiger partial charge in [0, 0.05) is 12.3 Å². The third-order valence-electron chi connectivity index (χ3n) is 1.31. The van der Waals surface area contributed by atoms with Crippen LogP contribution in [0.1, 0.15) is 0 Å². The molecule has 0 aliphatic carbocycles. The average molecular weight is 150 g/mol. The fraction of sp³-hybridized carbons (Fsp3) is 0. The highest BCUT2D eigenvalue weighted by Crippen LogP contribution is 2.27. The third kappa shape index (κ3) is 0.675. The zero-order valence-corrected chi connectivity index (χ0v) is 5.89. The van der Waals surface area contributed by atoms with Crippen LogP contribution in [0.3, 0.4) is 0 Å². The molecule has 1 radical (unpaired) electrons. The molecule has 3 heteroatoms. The highest BCUT2D eigenvalue weighted by atomic mass is 32.1. The van der Waals surface area contributed by atoms with Gasteiger partial charge in [0.25, 0.3) is 0 Å². The molecule has 0 N–H and O–H groups in total. The molecule has 0 fully saturated rings. The fourth-order valence-corrected chi connectivity index (χ4v) is 1.61. The summed E-state index contributed by atoms with van der Waals surface area (Å²) in [5.74, 6) is 0.0694. The topological polar surface area (TPSA) is 32.8 Å². The van der Waals surface area contributed by atoms with Gasteiger partial charge >= 0.3 is 0 Å². The third-order valence-corrected chi connectivity index (χ3v) is 2.23. The second-order valence-corrected chi connectivity index (χ2v) is 2.86. The van der Waals surface area contributed by atoms with Crippen molar-refractivity contribution in [3.8, 4) is 5.75 Å². The molecule has 0 saturated heterocycles. The number of thiophene rings is 1. The van der Waals surface area contributed by atoms with Gasteiger partial charge in [0.2, 0.25) is 0 Å². The van der Waals surface area contributed by atoms with Crippen molar-refractivity contribution in [2.45, 2.75) is 0 Å². The van der Waals surface area contributed by atoms with Crippen molar-refractivity contribution in [3.63, 3.8) is 0 Å². The van der Waals surface area contributed by atoms with Crippen molar-refractivity contribution in [1.82, 2.24) is 4.98 Å². The van der Waals surface area contributed by atoms with Gasteiger partial charge in [-0.2, -0.15) is 0 Å². The first-order valence-corrected chi connectivity index (χ1v) is 3.75. The first-order chi connectivity index (χ1) is 4.88. The Morgan fingerprint density at radius 1 is 1.40 bits per heavy atom. The van der Waals surface area contributed by atoms with Crippen LogP contribution in [0.4, 0.5) is 0 Å². The number of hydrogen-bond donors (Lipinski definition) is 0. The molecule has 49 valence electrons. The van der Waals surface area contributed by atoms with Crippen LogP contribution in [-0.2, 0) is 5.11 Å². The maximum absolute atomic E-state index is 11.0. The first-order valence-electron chi connectivity index (χ1n) is 2.87. The van der Waals surface area contributed by atoms with Crippen LogP contribution in [0.5, 0.6) is 5.75 Å². The van der Waals surface area contributed by atoms with E-state index in [1.807, 2.05) is 11.4 Å². The van der Waals surface area contributed by atoms with Gasteiger partial charge in [-0.25, -0.2) is 0 Å². The quantitative estimate of drug-likeness (QED) is 0.567. The molecule has 0 aliphatic rings. The zero-order valence-electron chi connectivity index (χ0n) is 5.07. The number of pyridine rings is 1. The molecule has 0 spiro atoms. The molecule has 0 aliphatic heterocycles. The number of nitrogens with zero attached hydrogens (tertiary/aromatic N) is 1. The number of aromatic nitrogens is 1. The molecule has 2 heterocycles. The van der Waals surface area contributed by atoms with E-state index in [1.54, 1.807) is 0 Å². The van der Waals surface area contributed by atoms with Crippen molar-refractivity contribution < 1.29 is 5.11 Å². The maximum atomic E-state index is 11.0. The van der Waals surface area contributed by atoms with Crippen LogP contribution < -0.4 is 0 Å². The van der Waals surface area contributed by atoms with Crippen molar-refractivity contribution >= 4 is 21.6 Å². The van der Waals surface area contributed by atoms with Crippen LogP contribution >= 0.6 is 11.3 Å². The van der Waals surface area contributed by atoms with E-state index < -0.39 is 0 Å². The Morgan fingerprint density at radius 3 is 3.10 bits per heavy atom. The van der Waals surface area contributed by atoms with Crippen LogP contribution in [0.15, 0.2) is 23.7 Å². The van der Waals surface area contributed by atoms with Gasteiger partial charge in [-0.3, -0.25) is 10.1 Å². The van der Waals surface area contributed by atoms with Gasteiger partial charge in [-0.05, 0) is 11.4 Å². The van der Waals surface area contributed by atoms with E-state index in [0.29, 0.717) is 0 Å². The van der Waals surface area contributed by atoms with Crippen molar-refractivity contribution in [2.75, 3.05) is 0 Å². The van der Waals surface area contributed by atoms with Gasteiger partial charge in [0.15, 0.2) is 5.75 Å². The average Bonchev–Trinajstić information content (AvgIpc) is 2.36. The van der Waals surface area contributed by atoms with Gasteiger partial charge in [0.1, 0.15) is 4.70 Å². The van der Waals surface area contributed by atoms with Crippen LogP contribution in [0.2, 0.25) is 0 Å². The van der Waals surface area contributed by atoms with Gasteiger partial charge in [-0.1, -0.05) is 0 Å². The highest BCUT2D eigenvalue weighted by molar-refractivity contribution is 7.17. The Hall–Kier alpha value is -1.09. The summed E-state index contributed by atoms with van der Waals surface area (Å²) in [5, 5.41) is 12.9. The van der Waals surface area contributed by atoms with Crippen molar-refractivity contribution in [3.05, 3.63) is 23.7 Å². The Balaban J connectivity index is 2.95. The van der Waals surface area contributed by atoms with E-state index in [0.717, 1.165) is 10.2 Å². The molecule has 2 aromatic heterocycles. The lowest BCUT2D eigenvalue weighted by Gasteiger charge is -1.86. The number of hydrogen-bond acceptors (Lipinski definition) is 2. The Bertz CT molecular complexity index is 355. The van der Waals surface area contributed by atoms with E-state index in [-0.39, 0.29) is 5.75 Å². The van der Waals surface area contributed by atoms with E-state index in [9.17, 15) is 5.11 Å². The lowest BCUT2D eigenvalue weighted by molar-refractivity contribution is 0.360. The summed E-state index contributed by atoms with van der Waals surface area (Å²) in [6.07, 6.45) is 1.54. The molecular weight excluding hydrogens is 146 g/mol. The predicted octanol–water partition coefficient (Wildman–Crippen LogP) is 2.44. The first kappa shape index (κ1) is 5.68. The molecule has 0 aromatic carbocycles. The molecule has 2 nitrogen and oxygen atoms in total. The Labute approximate surface area is 61.8 Å². The SMILES string of the molecule is [O]c1ccnc2ccsc12. The summed E-state index contributed by atoms with van der Waals surface area (Å²) in [7, 11) is 0. The summed E-state index contributed by atoms with van der Waals surface area (Å²) < 4.78 is 0.752. The van der Waals surface area contributed by atoms with Crippen LogP contribution in [0, 0.1) is 0 Å². The van der Waals surface area contributed by atoms with Gasteiger partial charge in [-0.15, -0.1) is 11.3 Å². The van der Waals surface area contributed by atoms with E-state index in [1.165, 1.54) is 23.6 Å². The number of fused-ring (bicyclic) bond motifs is 1. The van der Waals surface area contributed by atoms with Gasteiger partial charge < -0.3 is 0 Å². The summed E-state index contributed by atoms with van der Waals surface area (Å²) in [6, 6.07) is 3.33. The van der Waals surface area contributed by atoms with Crippen LogP contribution in [0.25, 0.3) is 10.2 Å². The molecule has 10 heavy (non-hydrogen) atoms. The molecule has 2 rings (SSSR count). The van der Waals surface area contributed by atoms with Gasteiger partial charge in [0.05, 0.1) is 5.52 Å².